The summed E-state index contributed by atoms with van der Waals surface area (Å²) in [4.78, 5) is 0. The fourth-order valence-electron chi connectivity index (χ4n) is 1.96. The van der Waals surface area contributed by atoms with E-state index in [4.69, 9.17) is 0 Å². The van der Waals surface area contributed by atoms with Crippen LogP contribution in [0.4, 0.5) is 0 Å². The van der Waals surface area contributed by atoms with Crippen LogP contribution in [-0.4, -0.2) is 35.5 Å². The van der Waals surface area contributed by atoms with E-state index in [2.05, 4.69) is 22.6 Å². The molecule has 0 aromatic heterocycles. The molecule has 1 saturated carbocycles. The van der Waals surface area contributed by atoms with Crippen LogP contribution in [0.1, 0.15) is 25.7 Å². The Balaban J connectivity index is 2.03. The second-order valence-electron chi connectivity index (χ2n) is 4.26. The van der Waals surface area contributed by atoms with Crippen molar-refractivity contribution in [1.82, 2.24) is 4.31 Å². The molecule has 0 aromatic rings. The van der Waals surface area contributed by atoms with Gasteiger partial charge in [0.1, 0.15) is 0 Å². The number of sulfonamides is 1. The van der Waals surface area contributed by atoms with Crippen molar-refractivity contribution in [2.45, 2.75) is 30.9 Å². The molecule has 0 N–H and O–H groups in total. The third-order valence-corrected chi connectivity index (χ3v) is 6.62. The highest BCUT2D eigenvalue weighted by Gasteiger charge is 2.41. The zero-order valence-electron chi connectivity index (χ0n) is 8.15. The van der Waals surface area contributed by atoms with Gasteiger partial charge in [-0.05, 0) is 31.6 Å². The van der Waals surface area contributed by atoms with Gasteiger partial charge in [0.15, 0.2) is 0 Å². The molecule has 1 atom stereocenters. The zero-order chi connectivity index (χ0) is 10.2. The Bertz CT molecular complexity index is 300. The number of rotatable bonds is 3. The van der Waals surface area contributed by atoms with Crippen LogP contribution in [0.25, 0.3) is 0 Å². The van der Waals surface area contributed by atoms with Gasteiger partial charge in [-0.2, -0.15) is 0 Å². The smallest absolute Gasteiger partial charge is 0.212 e. The molecule has 0 radical (unpaired) electrons. The number of hydrogen-bond donors (Lipinski definition) is 0. The van der Waals surface area contributed by atoms with Crippen LogP contribution < -0.4 is 0 Å². The molecule has 0 amide bonds. The number of piperidine rings is 1. The minimum absolute atomic E-state index is 0.0320. The van der Waals surface area contributed by atoms with E-state index in [-0.39, 0.29) is 5.25 Å². The Morgan fingerprint density at radius 1 is 1.29 bits per heavy atom. The van der Waals surface area contributed by atoms with Gasteiger partial charge >= 0.3 is 0 Å². The predicted molar refractivity (Wildman–Crippen MR) is 65.1 cm³/mol. The Morgan fingerprint density at radius 3 is 2.57 bits per heavy atom. The van der Waals surface area contributed by atoms with E-state index < -0.39 is 10.0 Å². The van der Waals surface area contributed by atoms with Gasteiger partial charge in [0, 0.05) is 17.5 Å². The van der Waals surface area contributed by atoms with Crippen LogP contribution >= 0.6 is 22.6 Å². The average Bonchev–Trinajstić information content (AvgIpc) is 3.01. The Kier molecular flexibility index (Phi) is 3.38. The van der Waals surface area contributed by atoms with E-state index in [1.807, 2.05) is 0 Å². The summed E-state index contributed by atoms with van der Waals surface area (Å²) >= 11 is 2.36. The van der Waals surface area contributed by atoms with Crippen LogP contribution in [0.2, 0.25) is 0 Å². The molecule has 1 unspecified atom stereocenters. The fraction of sp³-hybridized carbons (Fsp3) is 1.00. The molecular formula is C9H16INO2S. The van der Waals surface area contributed by atoms with Gasteiger partial charge in [-0.1, -0.05) is 22.6 Å². The predicted octanol–water partition coefficient (Wildman–Crippen LogP) is 1.63. The number of halogens is 1. The lowest BCUT2D eigenvalue weighted by molar-refractivity contribution is 0.286. The first-order valence-electron chi connectivity index (χ1n) is 5.19. The van der Waals surface area contributed by atoms with E-state index in [9.17, 15) is 8.42 Å². The molecule has 2 fully saturated rings. The highest BCUT2D eigenvalue weighted by Crippen LogP contribution is 2.33. The average molecular weight is 329 g/mol. The highest BCUT2D eigenvalue weighted by molar-refractivity contribution is 14.1. The maximum absolute atomic E-state index is 11.9. The molecule has 1 saturated heterocycles. The summed E-state index contributed by atoms with van der Waals surface area (Å²) in [6.07, 6.45) is 4.00. The summed E-state index contributed by atoms with van der Waals surface area (Å²) in [6, 6.07) is 0. The van der Waals surface area contributed by atoms with Gasteiger partial charge in [0.2, 0.25) is 10.0 Å². The quantitative estimate of drug-likeness (QED) is 0.583. The second kappa shape index (κ2) is 4.25. The third-order valence-electron chi connectivity index (χ3n) is 3.01. The lowest BCUT2D eigenvalue weighted by Crippen LogP contribution is -2.41. The second-order valence-corrected chi connectivity index (χ2v) is 7.36. The van der Waals surface area contributed by atoms with Crippen LogP contribution in [0.5, 0.6) is 0 Å². The fourth-order valence-corrected chi connectivity index (χ4v) is 4.64. The summed E-state index contributed by atoms with van der Waals surface area (Å²) in [6.45, 7) is 1.52. The Hall–Kier alpha value is 0.640. The van der Waals surface area contributed by atoms with E-state index in [0.717, 1.165) is 36.8 Å². The number of alkyl halides is 1. The SMILES string of the molecule is O=S(=O)(C1CC1)N1CCCC(CI)C1. The van der Waals surface area contributed by atoms with Gasteiger partial charge in [0.05, 0.1) is 5.25 Å². The first-order chi connectivity index (χ1) is 6.64. The molecule has 3 nitrogen and oxygen atoms in total. The van der Waals surface area contributed by atoms with Crippen molar-refractivity contribution in [1.29, 1.82) is 0 Å². The van der Waals surface area contributed by atoms with E-state index in [1.54, 1.807) is 4.31 Å². The zero-order valence-corrected chi connectivity index (χ0v) is 11.1. The molecule has 0 bridgehead atoms. The lowest BCUT2D eigenvalue weighted by atomic mass is 10.0. The monoisotopic (exact) mass is 329 g/mol. The van der Waals surface area contributed by atoms with Crippen molar-refractivity contribution in [2.24, 2.45) is 5.92 Å². The van der Waals surface area contributed by atoms with Crippen LogP contribution in [0.15, 0.2) is 0 Å². The van der Waals surface area contributed by atoms with Crippen LogP contribution in [0, 0.1) is 5.92 Å². The molecule has 82 valence electrons. The standard InChI is InChI=1S/C9H16INO2S/c10-6-8-2-1-5-11(7-8)14(12,13)9-3-4-9/h8-9H,1-7H2. The topological polar surface area (TPSA) is 37.4 Å². The first-order valence-corrected chi connectivity index (χ1v) is 8.22. The highest BCUT2D eigenvalue weighted by atomic mass is 127. The summed E-state index contributed by atoms with van der Waals surface area (Å²) in [5.41, 5.74) is 0. The Morgan fingerprint density at radius 2 is 2.00 bits per heavy atom. The van der Waals surface area contributed by atoms with Crippen LogP contribution in [-0.2, 0) is 10.0 Å². The molecule has 1 aliphatic carbocycles. The summed E-state index contributed by atoms with van der Waals surface area (Å²) in [5, 5.41) is -0.0320. The lowest BCUT2D eigenvalue weighted by Gasteiger charge is -2.31. The summed E-state index contributed by atoms with van der Waals surface area (Å²) < 4.78 is 26.7. The number of hydrogen-bond acceptors (Lipinski definition) is 2. The minimum atomic E-state index is -2.90. The third kappa shape index (κ3) is 2.24. The van der Waals surface area contributed by atoms with E-state index in [0.29, 0.717) is 5.92 Å². The normalized spacial score (nSPS) is 30.5. The van der Waals surface area contributed by atoms with Crippen molar-refractivity contribution in [3.63, 3.8) is 0 Å². The Labute approximate surface area is 99.4 Å². The van der Waals surface area contributed by atoms with Crippen molar-refractivity contribution >= 4 is 32.6 Å². The molecule has 2 rings (SSSR count). The molecule has 1 aliphatic heterocycles. The largest absolute Gasteiger partial charge is 0.216 e. The minimum Gasteiger partial charge on any atom is -0.212 e. The maximum atomic E-state index is 11.9. The molecule has 5 heteroatoms. The molecule has 0 aromatic carbocycles. The van der Waals surface area contributed by atoms with Crippen molar-refractivity contribution in [3.05, 3.63) is 0 Å². The van der Waals surface area contributed by atoms with Gasteiger partial charge in [-0.3, -0.25) is 0 Å². The molecule has 0 spiro atoms. The molecule has 14 heavy (non-hydrogen) atoms. The number of nitrogens with zero attached hydrogens (tertiary/aromatic N) is 1. The van der Waals surface area contributed by atoms with Crippen molar-refractivity contribution < 1.29 is 8.42 Å². The molecule has 2 aliphatic rings. The molecular weight excluding hydrogens is 313 g/mol. The molecule has 1 heterocycles. The first kappa shape index (κ1) is 11.1. The van der Waals surface area contributed by atoms with Gasteiger partial charge < -0.3 is 0 Å². The van der Waals surface area contributed by atoms with Gasteiger partial charge in [-0.15, -0.1) is 0 Å². The summed E-state index contributed by atoms with van der Waals surface area (Å²) in [7, 11) is -2.90. The maximum Gasteiger partial charge on any atom is 0.216 e. The van der Waals surface area contributed by atoms with Crippen molar-refractivity contribution in [3.8, 4) is 0 Å². The van der Waals surface area contributed by atoms with E-state index in [1.165, 1.54) is 6.42 Å². The van der Waals surface area contributed by atoms with Crippen LogP contribution in [0.3, 0.4) is 0 Å². The van der Waals surface area contributed by atoms with Gasteiger partial charge in [0.25, 0.3) is 0 Å². The summed E-state index contributed by atoms with van der Waals surface area (Å²) in [5.74, 6) is 0.581. The van der Waals surface area contributed by atoms with Gasteiger partial charge in [-0.25, -0.2) is 12.7 Å². The van der Waals surface area contributed by atoms with Crippen molar-refractivity contribution in [2.75, 3.05) is 17.5 Å². The van der Waals surface area contributed by atoms with E-state index >= 15 is 0 Å².